The van der Waals surface area contributed by atoms with Gasteiger partial charge >= 0.3 is 5.97 Å². The highest BCUT2D eigenvalue weighted by atomic mass is 16.5. The molecule has 6 nitrogen and oxygen atoms in total. The van der Waals surface area contributed by atoms with E-state index in [-0.39, 0.29) is 0 Å². The SMILES string of the molecule is CCOC(=O)c1cnc(-n2nc(CC)cc2CC)nc1C. The minimum Gasteiger partial charge on any atom is -0.462 e. The Labute approximate surface area is 124 Å². The molecule has 0 spiro atoms. The van der Waals surface area contributed by atoms with E-state index in [1.54, 1.807) is 18.5 Å². The van der Waals surface area contributed by atoms with Crippen molar-refractivity contribution in [1.29, 1.82) is 0 Å². The summed E-state index contributed by atoms with van der Waals surface area (Å²) in [5.41, 5.74) is 3.04. The molecule has 0 aliphatic rings. The number of hydrogen-bond donors (Lipinski definition) is 0. The molecule has 0 saturated heterocycles. The summed E-state index contributed by atoms with van der Waals surface area (Å²) in [6.07, 6.45) is 3.21. The number of aryl methyl sites for hydroxylation is 3. The second-order valence-electron chi connectivity index (χ2n) is 4.64. The molecule has 0 aromatic carbocycles. The summed E-state index contributed by atoms with van der Waals surface area (Å²) in [7, 11) is 0. The lowest BCUT2D eigenvalue weighted by atomic mass is 10.2. The molecule has 0 radical (unpaired) electrons. The van der Waals surface area contributed by atoms with Crippen molar-refractivity contribution in [3.8, 4) is 5.95 Å². The van der Waals surface area contributed by atoms with Gasteiger partial charge in [-0.25, -0.2) is 19.4 Å². The van der Waals surface area contributed by atoms with Crippen molar-refractivity contribution in [2.75, 3.05) is 6.61 Å². The third-order valence-corrected chi connectivity index (χ3v) is 3.21. The summed E-state index contributed by atoms with van der Waals surface area (Å²) in [5, 5.41) is 4.50. The van der Waals surface area contributed by atoms with Gasteiger partial charge in [-0.05, 0) is 32.8 Å². The first kappa shape index (κ1) is 15.2. The average molecular weight is 288 g/mol. The van der Waals surface area contributed by atoms with Crippen LogP contribution in [0.25, 0.3) is 5.95 Å². The van der Waals surface area contributed by atoms with Crippen LogP contribution in [0.2, 0.25) is 0 Å². The molecule has 0 unspecified atom stereocenters. The normalized spacial score (nSPS) is 10.7. The molecule has 0 aliphatic carbocycles. The predicted molar refractivity (Wildman–Crippen MR) is 78.6 cm³/mol. The number of carbonyl (C=O) groups is 1. The van der Waals surface area contributed by atoms with Gasteiger partial charge in [-0.3, -0.25) is 0 Å². The average Bonchev–Trinajstić information content (AvgIpc) is 2.90. The molecule has 2 aromatic heterocycles. The maximum atomic E-state index is 11.8. The summed E-state index contributed by atoms with van der Waals surface area (Å²) in [6.45, 7) is 7.99. The number of esters is 1. The van der Waals surface area contributed by atoms with E-state index in [2.05, 4.69) is 35.0 Å². The standard InChI is InChI=1S/C15H20N4O2/c1-5-11-8-12(6-2)19(18-11)15-16-9-13(10(4)17-15)14(20)21-7-3/h8-9H,5-7H2,1-4H3. The van der Waals surface area contributed by atoms with E-state index in [1.165, 1.54) is 6.20 Å². The van der Waals surface area contributed by atoms with E-state index >= 15 is 0 Å². The van der Waals surface area contributed by atoms with Crippen LogP contribution in [0.15, 0.2) is 12.3 Å². The second kappa shape index (κ2) is 6.47. The second-order valence-corrected chi connectivity index (χ2v) is 4.64. The van der Waals surface area contributed by atoms with E-state index in [4.69, 9.17) is 4.74 Å². The fourth-order valence-corrected chi connectivity index (χ4v) is 2.04. The zero-order valence-corrected chi connectivity index (χ0v) is 12.9. The van der Waals surface area contributed by atoms with Crippen molar-refractivity contribution >= 4 is 5.97 Å². The monoisotopic (exact) mass is 288 g/mol. The Bertz CT molecular complexity index is 649. The first-order valence-corrected chi connectivity index (χ1v) is 7.19. The van der Waals surface area contributed by atoms with Crippen LogP contribution in [0.5, 0.6) is 0 Å². The smallest absolute Gasteiger partial charge is 0.341 e. The molecular formula is C15H20N4O2. The number of carbonyl (C=O) groups excluding carboxylic acids is 1. The van der Waals surface area contributed by atoms with E-state index in [0.29, 0.717) is 23.8 Å². The predicted octanol–water partition coefficient (Wildman–Crippen LogP) is 2.27. The third kappa shape index (κ3) is 3.09. The Hall–Kier alpha value is -2.24. The zero-order valence-electron chi connectivity index (χ0n) is 12.9. The van der Waals surface area contributed by atoms with Crippen LogP contribution in [0.1, 0.15) is 48.2 Å². The van der Waals surface area contributed by atoms with Crippen LogP contribution in [-0.2, 0) is 17.6 Å². The molecule has 2 heterocycles. The van der Waals surface area contributed by atoms with Gasteiger partial charge in [-0.15, -0.1) is 0 Å². The molecule has 6 heteroatoms. The van der Waals surface area contributed by atoms with Crippen molar-refractivity contribution in [3.63, 3.8) is 0 Å². The van der Waals surface area contributed by atoms with Gasteiger partial charge in [0.15, 0.2) is 0 Å². The Kier molecular flexibility index (Phi) is 4.67. The molecule has 0 amide bonds. The lowest BCUT2D eigenvalue weighted by molar-refractivity contribution is 0.0524. The Morgan fingerprint density at radius 3 is 2.62 bits per heavy atom. The molecule has 0 fully saturated rings. The Morgan fingerprint density at radius 2 is 2.05 bits per heavy atom. The van der Waals surface area contributed by atoms with Crippen LogP contribution in [0.4, 0.5) is 0 Å². The highest BCUT2D eigenvalue weighted by molar-refractivity contribution is 5.90. The lowest BCUT2D eigenvalue weighted by Gasteiger charge is -2.08. The first-order valence-electron chi connectivity index (χ1n) is 7.19. The maximum Gasteiger partial charge on any atom is 0.341 e. The van der Waals surface area contributed by atoms with Crippen LogP contribution < -0.4 is 0 Å². The van der Waals surface area contributed by atoms with Crippen LogP contribution in [0.3, 0.4) is 0 Å². The van der Waals surface area contributed by atoms with Gasteiger partial charge < -0.3 is 4.74 Å². The number of aromatic nitrogens is 4. The Morgan fingerprint density at radius 1 is 1.29 bits per heavy atom. The fraction of sp³-hybridized carbons (Fsp3) is 0.467. The van der Waals surface area contributed by atoms with Gasteiger partial charge in [0.25, 0.3) is 5.95 Å². The minimum atomic E-state index is -0.396. The molecule has 0 N–H and O–H groups in total. The van der Waals surface area contributed by atoms with Crippen LogP contribution in [-0.4, -0.2) is 32.3 Å². The van der Waals surface area contributed by atoms with E-state index < -0.39 is 5.97 Å². The molecular weight excluding hydrogens is 268 g/mol. The molecule has 0 atom stereocenters. The van der Waals surface area contributed by atoms with Crippen molar-refractivity contribution in [1.82, 2.24) is 19.7 Å². The molecule has 2 aromatic rings. The van der Waals surface area contributed by atoms with E-state index in [9.17, 15) is 4.79 Å². The van der Waals surface area contributed by atoms with Crippen molar-refractivity contribution in [3.05, 3.63) is 34.9 Å². The quantitative estimate of drug-likeness (QED) is 0.789. The van der Waals surface area contributed by atoms with Crippen molar-refractivity contribution in [2.24, 2.45) is 0 Å². The number of hydrogen-bond acceptors (Lipinski definition) is 5. The topological polar surface area (TPSA) is 69.9 Å². The fourth-order valence-electron chi connectivity index (χ4n) is 2.04. The molecule has 0 bridgehead atoms. The molecule has 0 aliphatic heterocycles. The van der Waals surface area contributed by atoms with Gasteiger partial charge in [0, 0.05) is 11.9 Å². The summed E-state index contributed by atoms with van der Waals surface area (Å²) in [6, 6.07) is 2.05. The lowest BCUT2D eigenvalue weighted by Crippen LogP contribution is -2.13. The summed E-state index contributed by atoms with van der Waals surface area (Å²) in [4.78, 5) is 20.4. The largest absolute Gasteiger partial charge is 0.462 e. The van der Waals surface area contributed by atoms with E-state index in [1.807, 2.05) is 0 Å². The van der Waals surface area contributed by atoms with E-state index in [0.717, 1.165) is 24.2 Å². The third-order valence-electron chi connectivity index (χ3n) is 3.21. The minimum absolute atomic E-state index is 0.332. The zero-order chi connectivity index (χ0) is 15.4. The summed E-state index contributed by atoms with van der Waals surface area (Å²) in [5.74, 6) is 0.0871. The number of nitrogens with zero attached hydrogens (tertiary/aromatic N) is 4. The van der Waals surface area contributed by atoms with Crippen LogP contribution >= 0.6 is 0 Å². The first-order chi connectivity index (χ1) is 10.1. The summed E-state index contributed by atoms with van der Waals surface area (Å²) >= 11 is 0. The van der Waals surface area contributed by atoms with Gasteiger partial charge in [0.2, 0.25) is 0 Å². The van der Waals surface area contributed by atoms with Gasteiger partial charge in [-0.2, -0.15) is 5.10 Å². The number of ether oxygens (including phenoxy) is 1. The highest BCUT2D eigenvalue weighted by Gasteiger charge is 2.15. The van der Waals surface area contributed by atoms with Crippen LogP contribution in [0, 0.1) is 6.92 Å². The molecule has 112 valence electrons. The van der Waals surface area contributed by atoms with Gasteiger partial charge in [-0.1, -0.05) is 13.8 Å². The van der Waals surface area contributed by atoms with Crippen molar-refractivity contribution in [2.45, 2.75) is 40.5 Å². The summed E-state index contributed by atoms with van der Waals surface area (Å²) < 4.78 is 6.72. The maximum absolute atomic E-state index is 11.8. The molecule has 0 saturated carbocycles. The van der Waals surface area contributed by atoms with Gasteiger partial charge in [0.1, 0.15) is 0 Å². The highest BCUT2D eigenvalue weighted by Crippen LogP contribution is 2.13. The molecule has 2 rings (SSSR count). The number of rotatable bonds is 5. The van der Waals surface area contributed by atoms with Crippen molar-refractivity contribution < 1.29 is 9.53 Å². The van der Waals surface area contributed by atoms with Gasteiger partial charge in [0.05, 0.1) is 23.6 Å². The Balaban J connectivity index is 2.40. The molecule has 21 heavy (non-hydrogen) atoms.